The number of thiocarbonyl (C=S) groups is 1. The van der Waals surface area contributed by atoms with Gasteiger partial charge in [-0.25, -0.2) is 0 Å². The van der Waals surface area contributed by atoms with Gasteiger partial charge in [0, 0.05) is 6.04 Å². The van der Waals surface area contributed by atoms with Gasteiger partial charge in [-0.1, -0.05) is 19.3 Å². The summed E-state index contributed by atoms with van der Waals surface area (Å²) in [7, 11) is 0. The summed E-state index contributed by atoms with van der Waals surface area (Å²) in [5.41, 5.74) is 2.68. The van der Waals surface area contributed by atoms with Crippen molar-refractivity contribution >= 4 is 29.4 Å². The van der Waals surface area contributed by atoms with Crippen molar-refractivity contribution in [2.45, 2.75) is 38.1 Å². The van der Waals surface area contributed by atoms with Crippen LogP contribution in [0.4, 0.5) is 5.88 Å². The Hall–Kier alpha value is -1.96. The molecule has 2 N–H and O–H groups in total. The Kier molecular flexibility index (Phi) is 5.05. The quantitative estimate of drug-likeness (QED) is 0.383. The first kappa shape index (κ1) is 14.4. The van der Waals surface area contributed by atoms with Gasteiger partial charge in [-0.05, 0) is 31.1 Å². The average molecular weight is 296 g/mol. The predicted molar refractivity (Wildman–Crippen MR) is 78.7 cm³/mol. The molecule has 0 spiro atoms. The summed E-state index contributed by atoms with van der Waals surface area (Å²) in [6, 6.07) is 3.16. The van der Waals surface area contributed by atoms with Crippen LogP contribution in [0.25, 0.3) is 0 Å². The number of nitrogens with one attached hydrogen (secondary N) is 2. The lowest BCUT2D eigenvalue weighted by Crippen LogP contribution is -2.40. The van der Waals surface area contributed by atoms with Crippen LogP contribution in [0.1, 0.15) is 37.9 Å². The van der Waals surface area contributed by atoms with Crippen LogP contribution in [0.5, 0.6) is 0 Å². The predicted octanol–water partition coefficient (Wildman–Crippen LogP) is 2.32. The Morgan fingerprint density at radius 1 is 1.45 bits per heavy atom. The molecule has 0 amide bonds. The second kappa shape index (κ2) is 6.99. The van der Waals surface area contributed by atoms with Crippen LogP contribution in [0.3, 0.4) is 0 Å². The van der Waals surface area contributed by atoms with E-state index in [-0.39, 0.29) is 5.88 Å². The standard InChI is InChI=1S/C12H16N4O3S/c17-16(18)11-7-6-10(19-11)8-13-15-12(20)14-9-4-2-1-3-5-9/h6-9H,1-5H2,(H2,14,15,20). The normalized spacial score (nSPS) is 16.2. The minimum Gasteiger partial charge on any atom is -0.400 e. The van der Waals surface area contributed by atoms with Gasteiger partial charge < -0.3 is 9.73 Å². The van der Waals surface area contributed by atoms with E-state index in [4.69, 9.17) is 16.6 Å². The molecule has 1 aromatic heterocycles. The Labute approximate surface area is 121 Å². The first-order valence-electron chi connectivity index (χ1n) is 6.49. The van der Waals surface area contributed by atoms with Gasteiger partial charge in [-0.3, -0.25) is 15.5 Å². The molecule has 20 heavy (non-hydrogen) atoms. The van der Waals surface area contributed by atoms with Crippen molar-refractivity contribution < 1.29 is 9.34 Å². The molecular formula is C12H16N4O3S. The summed E-state index contributed by atoms with van der Waals surface area (Å²) in [6.07, 6.45) is 7.32. The molecule has 0 unspecified atom stereocenters. The Morgan fingerprint density at radius 3 is 2.85 bits per heavy atom. The molecule has 1 fully saturated rings. The van der Waals surface area contributed by atoms with E-state index in [0.29, 0.717) is 16.9 Å². The van der Waals surface area contributed by atoms with Gasteiger partial charge >= 0.3 is 5.88 Å². The molecule has 1 aromatic rings. The zero-order valence-electron chi connectivity index (χ0n) is 10.9. The van der Waals surface area contributed by atoms with E-state index in [2.05, 4.69) is 15.8 Å². The van der Waals surface area contributed by atoms with Crippen LogP contribution < -0.4 is 10.7 Å². The number of hydrazone groups is 1. The van der Waals surface area contributed by atoms with Gasteiger partial charge in [-0.15, -0.1) is 0 Å². The Morgan fingerprint density at radius 2 is 2.20 bits per heavy atom. The summed E-state index contributed by atoms with van der Waals surface area (Å²) in [5.74, 6) is -0.0148. The van der Waals surface area contributed by atoms with E-state index in [1.165, 1.54) is 37.6 Å². The molecule has 8 heteroatoms. The summed E-state index contributed by atoms with van der Waals surface area (Å²) < 4.78 is 4.92. The highest BCUT2D eigenvalue weighted by atomic mass is 32.1. The maximum absolute atomic E-state index is 10.4. The third-order valence-corrected chi connectivity index (χ3v) is 3.30. The molecule has 0 radical (unpaired) electrons. The van der Waals surface area contributed by atoms with Crippen molar-refractivity contribution in [3.63, 3.8) is 0 Å². The minimum atomic E-state index is -0.597. The monoisotopic (exact) mass is 296 g/mol. The third kappa shape index (κ3) is 4.30. The third-order valence-electron chi connectivity index (χ3n) is 3.09. The zero-order valence-corrected chi connectivity index (χ0v) is 11.7. The molecule has 0 aromatic carbocycles. The van der Waals surface area contributed by atoms with E-state index < -0.39 is 4.92 Å². The number of hydrogen-bond donors (Lipinski definition) is 2. The molecular weight excluding hydrogens is 280 g/mol. The molecule has 0 saturated heterocycles. The largest absolute Gasteiger partial charge is 0.433 e. The van der Waals surface area contributed by atoms with Crippen molar-refractivity contribution in [3.8, 4) is 0 Å². The summed E-state index contributed by atoms with van der Waals surface area (Å²) in [6.45, 7) is 0. The highest BCUT2D eigenvalue weighted by Crippen LogP contribution is 2.17. The number of furan rings is 1. The highest BCUT2D eigenvalue weighted by Gasteiger charge is 2.13. The van der Waals surface area contributed by atoms with Crippen LogP contribution in [0.15, 0.2) is 21.7 Å². The lowest BCUT2D eigenvalue weighted by molar-refractivity contribution is -0.402. The summed E-state index contributed by atoms with van der Waals surface area (Å²) in [4.78, 5) is 9.84. The zero-order chi connectivity index (χ0) is 14.4. The Bertz CT molecular complexity index is 509. The van der Waals surface area contributed by atoms with E-state index in [9.17, 15) is 10.1 Å². The van der Waals surface area contributed by atoms with Crippen LogP contribution in [-0.2, 0) is 0 Å². The molecule has 1 saturated carbocycles. The lowest BCUT2D eigenvalue weighted by atomic mass is 9.96. The first-order chi connectivity index (χ1) is 9.65. The minimum absolute atomic E-state index is 0.296. The van der Waals surface area contributed by atoms with Gasteiger partial charge in [0.25, 0.3) is 0 Å². The van der Waals surface area contributed by atoms with Gasteiger partial charge in [0.1, 0.15) is 4.92 Å². The second-order valence-corrected chi connectivity index (χ2v) is 5.02. The topological polar surface area (TPSA) is 92.7 Å². The molecule has 1 aliphatic rings. The molecule has 7 nitrogen and oxygen atoms in total. The molecule has 1 heterocycles. The second-order valence-electron chi connectivity index (χ2n) is 4.61. The van der Waals surface area contributed by atoms with Crippen LogP contribution >= 0.6 is 12.2 Å². The van der Waals surface area contributed by atoms with E-state index in [1.807, 2.05) is 0 Å². The fraction of sp³-hybridized carbons (Fsp3) is 0.500. The Balaban J connectivity index is 1.76. The SMILES string of the molecule is O=[N+]([O-])c1ccc(C=NNC(=S)NC2CCCCC2)o1. The van der Waals surface area contributed by atoms with Crippen molar-refractivity contribution in [1.82, 2.24) is 10.7 Å². The van der Waals surface area contributed by atoms with E-state index in [0.717, 1.165) is 12.8 Å². The number of rotatable bonds is 4. The van der Waals surface area contributed by atoms with E-state index >= 15 is 0 Å². The van der Waals surface area contributed by atoms with Crippen LogP contribution in [0, 0.1) is 10.1 Å². The molecule has 1 aliphatic carbocycles. The first-order valence-corrected chi connectivity index (χ1v) is 6.90. The van der Waals surface area contributed by atoms with Crippen LogP contribution in [-0.4, -0.2) is 22.3 Å². The van der Waals surface area contributed by atoms with E-state index in [1.54, 1.807) is 0 Å². The van der Waals surface area contributed by atoms with Gasteiger partial charge in [0.05, 0.1) is 12.3 Å². The molecule has 0 atom stereocenters. The number of nitro groups is 1. The maximum atomic E-state index is 10.4. The molecule has 0 bridgehead atoms. The smallest absolute Gasteiger partial charge is 0.400 e. The summed E-state index contributed by atoms with van der Waals surface area (Å²) >= 11 is 5.12. The highest BCUT2D eigenvalue weighted by molar-refractivity contribution is 7.80. The van der Waals surface area contributed by atoms with Crippen LogP contribution in [0.2, 0.25) is 0 Å². The maximum Gasteiger partial charge on any atom is 0.433 e. The van der Waals surface area contributed by atoms with Crippen molar-refractivity contribution in [3.05, 3.63) is 28.0 Å². The fourth-order valence-corrected chi connectivity index (χ4v) is 2.35. The fourth-order valence-electron chi connectivity index (χ4n) is 2.13. The van der Waals surface area contributed by atoms with Gasteiger partial charge in [-0.2, -0.15) is 5.10 Å². The lowest BCUT2D eigenvalue weighted by Gasteiger charge is -2.23. The molecule has 2 rings (SSSR count). The van der Waals surface area contributed by atoms with Gasteiger partial charge in [0.15, 0.2) is 10.9 Å². The van der Waals surface area contributed by atoms with Crippen molar-refractivity contribution in [1.29, 1.82) is 0 Å². The van der Waals surface area contributed by atoms with Gasteiger partial charge in [0.2, 0.25) is 0 Å². The summed E-state index contributed by atoms with van der Waals surface area (Å²) in [5, 5.41) is 18.0. The number of hydrogen-bond acceptors (Lipinski definition) is 5. The average Bonchev–Trinajstić information content (AvgIpc) is 2.89. The number of nitrogens with zero attached hydrogens (tertiary/aromatic N) is 2. The molecule has 0 aliphatic heterocycles. The molecule has 108 valence electrons. The van der Waals surface area contributed by atoms with Crippen molar-refractivity contribution in [2.75, 3.05) is 0 Å². The van der Waals surface area contributed by atoms with Crippen molar-refractivity contribution in [2.24, 2.45) is 5.10 Å².